The van der Waals surface area contributed by atoms with Gasteiger partial charge in [0.15, 0.2) is 0 Å². The summed E-state index contributed by atoms with van der Waals surface area (Å²) in [5.41, 5.74) is 1.82. The summed E-state index contributed by atoms with van der Waals surface area (Å²) < 4.78 is 18.9. The van der Waals surface area contributed by atoms with Crippen LogP contribution in [-0.4, -0.2) is 23.9 Å². The van der Waals surface area contributed by atoms with Gasteiger partial charge in [-0.1, -0.05) is 30.3 Å². The van der Waals surface area contributed by atoms with Gasteiger partial charge in [-0.25, -0.2) is 4.39 Å². The number of hydrogen-bond donors (Lipinski definition) is 1. The number of rotatable bonds is 6. The van der Waals surface area contributed by atoms with Crippen molar-refractivity contribution < 1.29 is 13.9 Å². The third-order valence-corrected chi connectivity index (χ3v) is 5.30. The largest absolute Gasteiger partial charge is 0.457 e. The zero-order valence-corrected chi connectivity index (χ0v) is 16.8. The highest BCUT2D eigenvalue weighted by molar-refractivity contribution is 5.92. The van der Waals surface area contributed by atoms with Crippen molar-refractivity contribution in [3.8, 4) is 11.5 Å². The first-order valence-corrected chi connectivity index (χ1v) is 10.3. The van der Waals surface area contributed by atoms with E-state index in [1.165, 1.54) is 12.1 Å². The molecule has 154 valence electrons. The van der Waals surface area contributed by atoms with Crippen molar-refractivity contribution in [2.75, 3.05) is 18.4 Å². The molecule has 0 radical (unpaired) electrons. The van der Waals surface area contributed by atoms with Crippen LogP contribution in [0.5, 0.6) is 11.5 Å². The minimum atomic E-state index is -0.227. The number of amides is 1. The van der Waals surface area contributed by atoms with Gasteiger partial charge >= 0.3 is 0 Å². The molecule has 0 aliphatic carbocycles. The molecule has 1 atom stereocenters. The number of hydrogen-bond acceptors (Lipinski definition) is 3. The normalized spacial score (nSPS) is 16.8. The van der Waals surface area contributed by atoms with Crippen LogP contribution in [0.4, 0.5) is 10.1 Å². The zero-order valence-electron chi connectivity index (χ0n) is 16.8. The van der Waals surface area contributed by atoms with Gasteiger partial charge < -0.3 is 10.1 Å². The van der Waals surface area contributed by atoms with Gasteiger partial charge in [-0.15, -0.1) is 0 Å². The number of ether oxygens (including phenoxy) is 1. The Morgan fingerprint density at radius 1 is 0.967 bits per heavy atom. The van der Waals surface area contributed by atoms with Crippen LogP contribution < -0.4 is 10.1 Å². The van der Waals surface area contributed by atoms with Crippen LogP contribution in [0.25, 0.3) is 0 Å². The first-order chi connectivity index (χ1) is 14.7. The standard InChI is InChI=1S/C25H25FN2O2/c26-21-10-8-19(9-11-21)17-28-16-4-5-20(18-28)25(29)27-22-12-14-24(15-13-22)30-23-6-2-1-3-7-23/h1-3,6-15,20H,4-5,16-18H2,(H,27,29). The lowest BCUT2D eigenvalue weighted by molar-refractivity contribution is -0.121. The van der Waals surface area contributed by atoms with Crippen LogP contribution in [0.15, 0.2) is 78.9 Å². The minimum Gasteiger partial charge on any atom is -0.457 e. The van der Waals surface area contributed by atoms with E-state index in [1.807, 2.05) is 54.6 Å². The van der Waals surface area contributed by atoms with Gasteiger partial charge in [0.2, 0.25) is 5.91 Å². The van der Waals surface area contributed by atoms with Crippen molar-refractivity contribution >= 4 is 11.6 Å². The van der Waals surface area contributed by atoms with Crippen LogP contribution in [0, 0.1) is 11.7 Å². The molecule has 1 fully saturated rings. The van der Waals surface area contributed by atoms with Gasteiger partial charge in [0.05, 0.1) is 5.92 Å². The molecule has 0 saturated carbocycles. The molecule has 1 amide bonds. The van der Waals surface area contributed by atoms with Gasteiger partial charge in [-0.05, 0) is 73.5 Å². The Labute approximate surface area is 176 Å². The third kappa shape index (κ3) is 5.45. The Bertz CT molecular complexity index is 959. The highest BCUT2D eigenvalue weighted by Crippen LogP contribution is 2.24. The Morgan fingerprint density at radius 3 is 2.40 bits per heavy atom. The van der Waals surface area contributed by atoms with Gasteiger partial charge in [-0.3, -0.25) is 9.69 Å². The number of carbonyl (C=O) groups is 1. The van der Waals surface area contributed by atoms with Crippen molar-refractivity contribution in [1.29, 1.82) is 0 Å². The Balaban J connectivity index is 1.31. The van der Waals surface area contributed by atoms with E-state index in [1.54, 1.807) is 12.1 Å². The molecule has 4 nitrogen and oxygen atoms in total. The number of anilines is 1. The lowest BCUT2D eigenvalue weighted by Crippen LogP contribution is -2.40. The number of piperidine rings is 1. The second kappa shape index (κ2) is 9.55. The predicted molar refractivity (Wildman–Crippen MR) is 116 cm³/mol. The molecule has 5 heteroatoms. The quantitative estimate of drug-likeness (QED) is 0.592. The Morgan fingerprint density at radius 2 is 1.67 bits per heavy atom. The topological polar surface area (TPSA) is 41.6 Å². The summed E-state index contributed by atoms with van der Waals surface area (Å²) in [4.78, 5) is 15.0. The fourth-order valence-electron chi connectivity index (χ4n) is 3.74. The molecule has 0 spiro atoms. The summed E-state index contributed by atoms with van der Waals surface area (Å²) in [6.45, 7) is 2.39. The molecular formula is C25H25FN2O2. The molecule has 1 aliphatic rings. The van der Waals surface area contributed by atoms with E-state index in [4.69, 9.17) is 4.74 Å². The van der Waals surface area contributed by atoms with Crippen LogP contribution in [0.3, 0.4) is 0 Å². The number of benzene rings is 3. The molecule has 3 aromatic carbocycles. The zero-order chi connectivity index (χ0) is 20.8. The number of halogens is 1. The molecule has 1 saturated heterocycles. The predicted octanol–water partition coefficient (Wildman–Crippen LogP) is 5.47. The van der Waals surface area contributed by atoms with Crippen molar-refractivity contribution in [2.45, 2.75) is 19.4 Å². The highest BCUT2D eigenvalue weighted by atomic mass is 19.1. The molecule has 3 aromatic rings. The summed E-state index contributed by atoms with van der Waals surface area (Å²) >= 11 is 0. The Hall–Kier alpha value is -3.18. The first-order valence-electron chi connectivity index (χ1n) is 10.3. The summed E-state index contributed by atoms with van der Waals surface area (Å²) in [7, 11) is 0. The second-order valence-corrected chi connectivity index (χ2v) is 7.63. The Kier molecular flexibility index (Phi) is 6.40. The number of para-hydroxylation sites is 1. The summed E-state index contributed by atoms with van der Waals surface area (Å²) in [6, 6.07) is 23.6. The molecule has 1 aliphatic heterocycles. The molecular weight excluding hydrogens is 379 g/mol. The molecule has 30 heavy (non-hydrogen) atoms. The lowest BCUT2D eigenvalue weighted by Gasteiger charge is -2.32. The fourth-order valence-corrected chi connectivity index (χ4v) is 3.74. The fraction of sp³-hybridized carbons (Fsp3) is 0.240. The smallest absolute Gasteiger partial charge is 0.228 e. The van der Waals surface area contributed by atoms with Crippen LogP contribution in [-0.2, 0) is 11.3 Å². The van der Waals surface area contributed by atoms with Gasteiger partial charge in [0, 0.05) is 18.8 Å². The second-order valence-electron chi connectivity index (χ2n) is 7.63. The van der Waals surface area contributed by atoms with E-state index in [0.29, 0.717) is 6.54 Å². The van der Waals surface area contributed by atoms with Gasteiger partial charge in [0.25, 0.3) is 0 Å². The summed E-state index contributed by atoms with van der Waals surface area (Å²) in [6.07, 6.45) is 1.85. The molecule has 1 heterocycles. The maximum Gasteiger partial charge on any atom is 0.228 e. The van der Waals surface area contributed by atoms with E-state index in [2.05, 4.69) is 10.2 Å². The van der Waals surface area contributed by atoms with Crippen LogP contribution >= 0.6 is 0 Å². The number of nitrogens with zero attached hydrogens (tertiary/aromatic N) is 1. The summed E-state index contributed by atoms with van der Waals surface area (Å²) in [5.74, 6) is 1.25. The average molecular weight is 404 g/mol. The van der Waals surface area contributed by atoms with Crippen molar-refractivity contribution in [3.63, 3.8) is 0 Å². The van der Waals surface area contributed by atoms with Gasteiger partial charge in [0.1, 0.15) is 17.3 Å². The van der Waals surface area contributed by atoms with Crippen LogP contribution in [0.1, 0.15) is 18.4 Å². The van der Waals surface area contributed by atoms with E-state index in [0.717, 1.165) is 48.7 Å². The van der Waals surface area contributed by atoms with Crippen molar-refractivity contribution in [3.05, 3.63) is 90.2 Å². The molecule has 1 N–H and O–H groups in total. The van der Waals surface area contributed by atoms with Crippen molar-refractivity contribution in [2.24, 2.45) is 5.92 Å². The number of nitrogens with one attached hydrogen (secondary N) is 1. The minimum absolute atomic E-state index is 0.0375. The van der Waals surface area contributed by atoms with Crippen LogP contribution in [0.2, 0.25) is 0 Å². The number of likely N-dealkylation sites (tertiary alicyclic amines) is 1. The van der Waals surface area contributed by atoms with E-state index in [-0.39, 0.29) is 17.6 Å². The highest BCUT2D eigenvalue weighted by Gasteiger charge is 2.25. The third-order valence-electron chi connectivity index (χ3n) is 5.30. The van der Waals surface area contributed by atoms with Gasteiger partial charge in [-0.2, -0.15) is 0 Å². The maximum atomic E-state index is 13.1. The molecule has 4 rings (SSSR count). The van der Waals surface area contributed by atoms with E-state index >= 15 is 0 Å². The monoisotopic (exact) mass is 404 g/mol. The maximum absolute atomic E-state index is 13.1. The van der Waals surface area contributed by atoms with E-state index in [9.17, 15) is 9.18 Å². The van der Waals surface area contributed by atoms with E-state index < -0.39 is 0 Å². The average Bonchev–Trinajstić information content (AvgIpc) is 2.78. The SMILES string of the molecule is O=C(Nc1ccc(Oc2ccccc2)cc1)C1CCCN(Cc2ccc(F)cc2)C1. The lowest BCUT2D eigenvalue weighted by atomic mass is 9.96. The molecule has 0 aromatic heterocycles. The molecule has 0 bridgehead atoms. The molecule has 1 unspecified atom stereocenters. The summed E-state index contributed by atoms with van der Waals surface area (Å²) in [5, 5.41) is 3.02. The number of carbonyl (C=O) groups excluding carboxylic acids is 1. The van der Waals surface area contributed by atoms with Crippen molar-refractivity contribution in [1.82, 2.24) is 4.90 Å². The first kappa shape index (κ1) is 20.1.